The number of benzene rings is 1. The summed E-state index contributed by atoms with van der Waals surface area (Å²) in [5, 5.41) is 5.38. The summed E-state index contributed by atoms with van der Waals surface area (Å²) >= 11 is 0. The summed E-state index contributed by atoms with van der Waals surface area (Å²) in [6.07, 6.45) is 2.52. The van der Waals surface area contributed by atoms with E-state index in [-0.39, 0.29) is 18.5 Å². The van der Waals surface area contributed by atoms with Gasteiger partial charge in [-0.05, 0) is 31.0 Å². The minimum Gasteiger partial charge on any atom is -0.379 e. The highest BCUT2D eigenvalue weighted by Gasteiger charge is 2.34. The minimum atomic E-state index is -0.666. The van der Waals surface area contributed by atoms with E-state index in [1.54, 1.807) is 0 Å². The third-order valence-corrected chi connectivity index (χ3v) is 4.79. The molecule has 0 bridgehead atoms. The zero-order valence-electron chi connectivity index (χ0n) is 14.9. The molecule has 2 N–H and O–H groups in total. The Balaban J connectivity index is 1.53. The van der Waals surface area contributed by atoms with Crippen molar-refractivity contribution in [2.24, 2.45) is 5.92 Å². The third kappa shape index (κ3) is 4.51. The smallest absolute Gasteiger partial charge is 0.311 e. The van der Waals surface area contributed by atoms with Gasteiger partial charge in [-0.15, -0.1) is 0 Å². The van der Waals surface area contributed by atoms with Crippen molar-refractivity contribution in [3.05, 3.63) is 36.2 Å². The number of amides is 3. The van der Waals surface area contributed by atoms with Crippen LogP contribution in [-0.2, 0) is 19.1 Å². The molecule has 3 amide bonds. The van der Waals surface area contributed by atoms with E-state index in [9.17, 15) is 18.8 Å². The van der Waals surface area contributed by atoms with Gasteiger partial charge in [-0.25, -0.2) is 4.39 Å². The number of likely N-dealkylation sites (tertiary alicyclic amines) is 1. The maximum absolute atomic E-state index is 13.5. The van der Waals surface area contributed by atoms with E-state index in [2.05, 4.69) is 17.2 Å². The Kier molecular flexibility index (Phi) is 5.85. The van der Waals surface area contributed by atoms with Gasteiger partial charge in [0, 0.05) is 30.9 Å². The topological polar surface area (TPSA) is 87.7 Å². The second-order valence-electron chi connectivity index (χ2n) is 6.70. The van der Waals surface area contributed by atoms with Crippen molar-refractivity contribution in [1.82, 2.24) is 10.2 Å². The summed E-state index contributed by atoms with van der Waals surface area (Å²) in [5.74, 6) is -2.40. The number of anilines is 1. The van der Waals surface area contributed by atoms with Crippen LogP contribution in [0.3, 0.4) is 0 Å². The van der Waals surface area contributed by atoms with E-state index >= 15 is 0 Å². The van der Waals surface area contributed by atoms with E-state index in [1.165, 1.54) is 29.2 Å². The monoisotopic (exact) mass is 375 g/mol. The van der Waals surface area contributed by atoms with Crippen LogP contribution in [0.5, 0.6) is 0 Å². The van der Waals surface area contributed by atoms with Crippen LogP contribution in [0.1, 0.15) is 18.4 Å². The molecular weight excluding hydrogens is 353 g/mol. The minimum absolute atomic E-state index is 0.138. The van der Waals surface area contributed by atoms with E-state index < -0.39 is 23.5 Å². The predicted molar refractivity (Wildman–Crippen MR) is 97.2 cm³/mol. The zero-order valence-corrected chi connectivity index (χ0v) is 14.9. The molecule has 1 unspecified atom stereocenters. The number of nitrogens with one attached hydrogen (secondary N) is 2. The maximum Gasteiger partial charge on any atom is 0.311 e. The Hall–Kier alpha value is -2.74. The molecule has 0 aliphatic carbocycles. The largest absolute Gasteiger partial charge is 0.379 e. The van der Waals surface area contributed by atoms with Gasteiger partial charge in [0.1, 0.15) is 5.82 Å². The Labute approximate surface area is 156 Å². The molecule has 2 saturated heterocycles. The van der Waals surface area contributed by atoms with Crippen LogP contribution in [0.15, 0.2) is 24.8 Å². The molecule has 2 aliphatic heterocycles. The van der Waals surface area contributed by atoms with E-state index in [0.717, 1.165) is 0 Å². The van der Waals surface area contributed by atoms with Gasteiger partial charge in [-0.2, -0.15) is 0 Å². The lowest BCUT2D eigenvalue weighted by Crippen LogP contribution is -2.46. The van der Waals surface area contributed by atoms with E-state index in [4.69, 9.17) is 4.74 Å². The van der Waals surface area contributed by atoms with Gasteiger partial charge in [0.15, 0.2) is 0 Å². The Morgan fingerprint density at radius 2 is 2.11 bits per heavy atom. The molecule has 2 fully saturated rings. The molecule has 0 radical (unpaired) electrons. The van der Waals surface area contributed by atoms with Crippen LogP contribution >= 0.6 is 0 Å². The number of carbonyl (C=O) groups excluding carboxylic acids is 3. The molecule has 2 heterocycles. The molecule has 144 valence electrons. The van der Waals surface area contributed by atoms with Crippen molar-refractivity contribution in [3.8, 4) is 0 Å². The van der Waals surface area contributed by atoms with Crippen LogP contribution in [0.2, 0.25) is 0 Å². The summed E-state index contributed by atoms with van der Waals surface area (Å²) in [4.78, 5) is 38.1. The molecule has 1 aromatic rings. The summed E-state index contributed by atoms with van der Waals surface area (Å²) in [6.45, 7) is 5.03. The molecule has 7 nitrogen and oxygen atoms in total. The molecule has 0 saturated carbocycles. The van der Waals surface area contributed by atoms with E-state index in [1.807, 2.05) is 0 Å². The average molecular weight is 375 g/mol. The SMILES string of the molecule is C=Cc1cc(NC(=O)C2CCN(C(=O)C(=O)N[C@H]3CCOC3)C2)ccc1F. The maximum atomic E-state index is 13.5. The van der Waals surface area contributed by atoms with Crippen LogP contribution < -0.4 is 10.6 Å². The fraction of sp³-hybridized carbons (Fsp3) is 0.421. The summed E-state index contributed by atoms with van der Waals surface area (Å²) in [7, 11) is 0. The number of halogens is 1. The Morgan fingerprint density at radius 3 is 2.81 bits per heavy atom. The Bertz CT molecular complexity index is 761. The summed E-state index contributed by atoms with van der Waals surface area (Å²) in [6, 6.07) is 4.08. The Morgan fingerprint density at radius 1 is 1.30 bits per heavy atom. The normalized spacial score (nSPS) is 21.7. The van der Waals surface area contributed by atoms with Gasteiger partial charge in [0.05, 0.1) is 18.6 Å². The summed E-state index contributed by atoms with van der Waals surface area (Å²) < 4.78 is 18.7. The highest BCUT2D eigenvalue weighted by molar-refractivity contribution is 6.35. The van der Waals surface area contributed by atoms with Crippen molar-refractivity contribution in [1.29, 1.82) is 0 Å². The molecular formula is C19H22FN3O4. The van der Waals surface area contributed by atoms with Crippen molar-refractivity contribution in [3.63, 3.8) is 0 Å². The lowest BCUT2D eigenvalue weighted by molar-refractivity contribution is -0.145. The second-order valence-corrected chi connectivity index (χ2v) is 6.70. The van der Waals surface area contributed by atoms with Crippen LogP contribution in [0.4, 0.5) is 10.1 Å². The number of hydrogen-bond acceptors (Lipinski definition) is 4. The third-order valence-electron chi connectivity index (χ3n) is 4.79. The van der Waals surface area contributed by atoms with Gasteiger partial charge in [-0.3, -0.25) is 14.4 Å². The highest BCUT2D eigenvalue weighted by Crippen LogP contribution is 2.21. The first kappa shape index (κ1) is 19.0. The zero-order chi connectivity index (χ0) is 19.4. The van der Waals surface area contributed by atoms with Crippen LogP contribution in [-0.4, -0.2) is 55.0 Å². The standard InChI is InChI=1S/C19H22FN3O4/c1-2-12-9-14(3-4-16(12)20)21-17(24)13-5-7-23(10-13)19(26)18(25)22-15-6-8-27-11-15/h2-4,9,13,15H,1,5-8,10-11H2,(H,21,24)(H,22,25)/t13?,15-/m0/s1. The highest BCUT2D eigenvalue weighted by atomic mass is 19.1. The van der Waals surface area contributed by atoms with Crippen molar-refractivity contribution >= 4 is 29.5 Å². The molecule has 1 aromatic carbocycles. The number of nitrogens with zero attached hydrogens (tertiary/aromatic N) is 1. The lowest BCUT2D eigenvalue weighted by atomic mass is 10.1. The number of hydrogen-bond donors (Lipinski definition) is 2. The number of carbonyl (C=O) groups is 3. The predicted octanol–water partition coefficient (Wildman–Crippen LogP) is 1.16. The first-order valence-corrected chi connectivity index (χ1v) is 8.88. The number of rotatable bonds is 4. The summed E-state index contributed by atoms with van der Waals surface area (Å²) in [5.41, 5.74) is 0.753. The molecule has 27 heavy (non-hydrogen) atoms. The van der Waals surface area contributed by atoms with E-state index in [0.29, 0.717) is 43.9 Å². The molecule has 0 spiro atoms. The first-order valence-electron chi connectivity index (χ1n) is 8.88. The van der Waals surface area contributed by atoms with Crippen molar-refractivity contribution in [2.45, 2.75) is 18.9 Å². The average Bonchev–Trinajstić information content (AvgIpc) is 3.34. The quantitative estimate of drug-likeness (QED) is 0.773. The fourth-order valence-corrected chi connectivity index (χ4v) is 3.22. The molecule has 8 heteroatoms. The lowest BCUT2D eigenvalue weighted by Gasteiger charge is -2.17. The molecule has 0 aromatic heterocycles. The molecule has 2 aliphatic rings. The van der Waals surface area contributed by atoms with Crippen LogP contribution in [0.25, 0.3) is 6.08 Å². The van der Waals surface area contributed by atoms with Crippen molar-refractivity contribution < 1.29 is 23.5 Å². The second kappa shape index (κ2) is 8.30. The molecule has 2 atom stereocenters. The first-order chi connectivity index (χ1) is 13.0. The van der Waals surface area contributed by atoms with Gasteiger partial charge in [0.2, 0.25) is 5.91 Å². The fourth-order valence-electron chi connectivity index (χ4n) is 3.22. The van der Waals surface area contributed by atoms with Gasteiger partial charge >= 0.3 is 11.8 Å². The van der Waals surface area contributed by atoms with Crippen molar-refractivity contribution in [2.75, 3.05) is 31.6 Å². The van der Waals surface area contributed by atoms with Crippen LogP contribution in [0, 0.1) is 11.7 Å². The van der Waals surface area contributed by atoms with Gasteiger partial charge in [-0.1, -0.05) is 12.7 Å². The number of ether oxygens (including phenoxy) is 1. The van der Waals surface area contributed by atoms with Gasteiger partial charge < -0.3 is 20.3 Å². The van der Waals surface area contributed by atoms with Gasteiger partial charge in [0.25, 0.3) is 0 Å². The molecule has 3 rings (SSSR count).